The molecule has 98 valence electrons. The van der Waals surface area contributed by atoms with Crippen LogP contribution in [0.2, 0.25) is 0 Å². The van der Waals surface area contributed by atoms with E-state index in [2.05, 4.69) is 0 Å². The Morgan fingerprint density at radius 3 is 2.67 bits per heavy atom. The van der Waals surface area contributed by atoms with E-state index in [9.17, 15) is 9.59 Å². The molecule has 2 rings (SSSR count). The summed E-state index contributed by atoms with van der Waals surface area (Å²) in [6, 6.07) is 1.80. The van der Waals surface area contributed by atoms with Crippen LogP contribution in [0.25, 0.3) is 0 Å². The van der Waals surface area contributed by atoms with Crippen molar-refractivity contribution in [3.63, 3.8) is 0 Å². The summed E-state index contributed by atoms with van der Waals surface area (Å²) in [4.78, 5) is 25.5. The lowest BCUT2D eigenvalue weighted by molar-refractivity contribution is -0.130. The van der Waals surface area contributed by atoms with E-state index >= 15 is 0 Å². The van der Waals surface area contributed by atoms with Gasteiger partial charge >= 0.3 is 0 Å². The lowest BCUT2D eigenvalue weighted by atomic mass is 10.1. The molecule has 1 aromatic rings. The van der Waals surface area contributed by atoms with Crippen LogP contribution in [-0.2, 0) is 11.3 Å². The Kier molecular flexibility index (Phi) is 4.18. The molecule has 1 amide bonds. The zero-order valence-corrected chi connectivity index (χ0v) is 10.9. The van der Waals surface area contributed by atoms with Crippen LogP contribution in [0.5, 0.6) is 0 Å². The van der Waals surface area contributed by atoms with E-state index in [1.807, 2.05) is 22.6 Å². The molecule has 4 nitrogen and oxygen atoms in total. The van der Waals surface area contributed by atoms with Gasteiger partial charge in [0.15, 0.2) is 5.78 Å². The fraction of sp³-hybridized carbons (Fsp3) is 0.571. The maximum absolute atomic E-state index is 11.9. The molecule has 1 fully saturated rings. The van der Waals surface area contributed by atoms with Gasteiger partial charge in [0.2, 0.25) is 5.91 Å². The Morgan fingerprint density at radius 2 is 2.00 bits per heavy atom. The molecule has 4 heteroatoms. The number of Topliss-reactive ketones (excluding diaryl/α,β-unsaturated/α-hetero) is 1. The molecule has 1 aliphatic heterocycles. The fourth-order valence-electron chi connectivity index (χ4n) is 2.30. The Bertz CT molecular complexity index is 431. The third kappa shape index (κ3) is 3.00. The summed E-state index contributed by atoms with van der Waals surface area (Å²) in [5.41, 5.74) is 0.714. The van der Waals surface area contributed by atoms with E-state index in [0.717, 1.165) is 32.4 Å². The minimum Gasteiger partial charge on any atom is -0.344 e. The number of nitrogens with zero attached hydrogens (tertiary/aromatic N) is 2. The van der Waals surface area contributed by atoms with Crippen molar-refractivity contribution in [3.8, 4) is 0 Å². The summed E-state index contributed by atoms with van der Waals surface area (Å²) in [5.74, 6) is 0.308. The van der Waals surface area contributed by atoms with E-state index in [0.29, 0.717) is 18.5 Å². The average molecular weight is 248 g/mol. The predicted molar refractivity (Wildman–Crippen MR) is 69.5 cm³/mol. The Morgan fingerprint density at radius 1 is 1.28 bits per heavy atom. The molecule has 18 heavy (non-hydrogen) atoms. The molecule has 1 aromatic heterocycles. The number of carbonyl (C=O) groups is 2. The minimum atomic E-state index is 0.151. The number of ketones is 1. The molecular formula is C14H20N2O2. The van der Waals surface area contributed by atoms with Crippen molar-refractivity contribution in [1.82, 2.24) is 9.47 Å². The standard InChI is InChI=1S/C14H20N2O2/c1-2-5-13(17)12-6-9-15(10-12)11-14(18)16-7-3-4-8-16/h6,9-10H,2-5,7-8,11H2,1H3. The molecular weight excluding hydrogens is 228 g/mol. The first-order valence-corrected chi connectivity index (χ1v) is 6.67. The van der Waals surface area contributed by atoms with Crippen molar-refractivity contribution in [3.05, 3.63) is 24.0 Å². The summed E-state index contributed by atoms with van der Waals surface area (Å²) < 4.78 is 1.81. The summed E-state index contributed by atoms with van der Waals surface area (Å²) in [7, 11) is 0. The molecule has 0 unspecified atom stereocenters. The van der Waals surface area contributed by atoms with Gasteiger partial charge in [0.1, 0.15) is 6.54 Å². The lowest BCUT2D eigenvalue weighted by Crippen LogP contribution is -2.30. The first kappa shape index (κ1) is 12.9. The van der Waals surface area contributed by atoms with Gasteiger partial charge in [0.25, 0.3) is 0 Å². The van der Waals surface area contributed by atoms with Crippen LogP contribution in [0, 0.1) is 0 Å². The van der Waals surface area contributed by atoms with Crippen LogP contribution in [0.15, 0.2) is 18.5 Å². The highest BCUT2D eigenvalue weighted by Crippen LogP contribution is 2.10. The monoisotopic (exact) mass is 248 g/mol. The summed E-state index contributed by atoms with van der Waals surface area (Å²) >= 11 is 0. The third-order valence-electron chi connectivity index (χ3n) is 3.33. The second kappa shape index (κ2) is 5.85. The Labute approximate surface area is 108 Å². The van der Waals surface area contributed by atoms with Gasteiger partial charge in [0, 0.05) is 37.5 Å². The third-order valence-corrected chi connectivity index (χ3v) is 3.33. The van der Waals surface area contributed by atoms with E-state index in [1.54, 1.807) is 12.3 Å². The topological polar surface area (TPSA) is 42.3 Å². The van der Waals surface area contributed by atoms with Gasteiger partial charge in [-0.05, 0) is 25.3 Å². The van der Waals surface area contributed by atoms with Crippen molar-refractivity contribution < 1.29 is 9.59 Å². The minimum absolute atomic E-state index is 0.151. The number of hydrogen-bond acceptors (Lipinski definition) is 2. The van der Waals surface area contributed by atoms with Crippen molar-refractivity contribution in [1.29, 1.82) is 0 Å². The highest BCUT2D eigenvalue weighted by Gasteiger charge is 2.18. The maximum atomic E-state index is 11.9. The van der Waals surface area contributed by atoms with E-state index in [-0.39, 0.29) is 11.7 Å². The number of amides is 1. The molecule has 1 saturated heterocycles. The van der Waals surface area contributed by atoms with Crippen LogP contribution >= 0.6 is 0 Å². The van der Waals surface area contributed by atoms with E-state index in [1.165, 1.54) is 0 Å². The van der Waals surface area contributed by atoms with Crippen molar-refractivity contribution >= 4 is 11.7 Å². The molecule has 0 N–H and O–H groups in total. The molecule has 0 aliphatic carbocycles. The first-order valence-electron chi connectivity index (χ1n) is 6.67. The largest absolute Gasteiger partial charge is 0.344 e. The van der Waals surface area contributed by atoms with Gasteiger partial charge in [-0.1, -0.05) is 6.92 Å². The second-order valence-electron chi connectivity index (χ2n) is 4.83. The normalized spacial score (nSPS) is 15.1. The molecule has 0 atom stereocenters. The SMILES string of the molecule is CCCC(=O)c1ccn(CC(=O)N2CCCC2)c1. The van der Waals surface area contributed by atoms with Gasteiger partial charge in [-0.25, -0.2) is 0 Å². The highest BCUT2D eigenvalue weighted by molar-refractivity contribution is 5.95. The molecule has 0 aromatic carbocycles. The maximum Gasteiger partial charge on any atom is 0.242 e. The average Bonchev–Trinajstić information content (AvgIpc) is 2.99. The van der Waals surface area contributed by atoms with Crippen molar-refractivity contribution in [2.75, 3.05) is 13.1 Å². The van der Waals surface area contributed by atoms with Gasteiger partial charge in [-0.3, -0.25) is 9.59 Å². The predicted octanol–water partition coefficient (Wildman–Crippen LogP) is 2.09. The van der Waals surface area contributed by atoms with Crippen LogP contribution in [0.4, 0.5) is 0 Å². The van der Waals surface area contributed by atoms with Crippen LogP contribution < -0.4 is 0 Å². The van der Waals surface area contributed by atoms with Crippen LogP contribution in [-0.4, -0.2) is 34.2 Å². The van der Waals surface area contributed by atoms with Crippen LogP contribution in [0.1, 0.15) is 43.0 Å². The number of aromatic nitrogens is 1. The molecule has 2 heterocycles. The Hall–Kier alpha value is -1.58. The highest BCUT2D eigenvalue weighted by atomic mass is 16.2. The number of rotatable bonds is 5. The Balaban J connectivity index is 1.93. The number of carbonyl (C=O) groups excluding carboxylic acids is 2. The number of hydrogen-bond donors (Lipinski definition) is 0. The van der Waals surface area contributed by atoms with E-state index in [4.69, 9.17) is 0 Å². The first-order chi connectivity index (χ1) is 8.70. The zero-order chi connectivity index (χ0) is 13.0. The lowest BCUT2D eigenvalue weighted by Gasteiger charge is -2.15. The van der Waals surface area contributed by atoms with Crippen molar-refractivity contribution in [2.24, 2.45) is 0 Å². The van der Waals surface area contributed by atoms with Gasteiger partial charge < -0.3 is 9.47 Å². The van der Waals surface area contributed by atoms with Crippen molar-refractivity contribution in [2.45, 2.75) is 39.2 Å². The van der Waals surface area contributed by atoms with Gasteiger partial charge in [0.05, 0.1) is 0 Å². The zero-order valence-electron chi connectivity index (χ0n) is 10.9. The molecule has 0 saturated carbocycles. The smallest absolute Gasteiger partial charge is 0.242 e. The molecule has 0 radical (unpaired) electrons. The second-order valence-corrected chi connectivity index (χ2v) is 4.83. The molecule has 0 spiro atoms. The van der Waals surface area contributed by atoms with E-state index < -0.39 is 0 Å². The quantitative estimate of drug-likeness (QED) is 0.749. The number of likely N-dealkylation sites (tertiary alicyclic amines) is 1. The van der Waals surface area contributed by atoms with Crippen LogP contribution in [0.3, 0.4) is 0 Å². The summed E-state index contributed by atoms with van der Waals surface area (Å²) in [6.07, 6.45) is 7.25. The molecule has 1 aliphatic rings. The van der Waals surface area contributed by atoms with Gasteiger partial charge in [-0.15, -0.1) is 0 Å². The fourth-order valence-corrected chi connectivity index (χ4v) is 2.30. The summed E-state index contributed by atoms with van der Waals surface area (Å²) in [5, 5.41) is 0. The molecule has 0 bridgehead atoms. The van der Waals surface area contributed by atoms with Gasteiger partial charge in [-0.2, -0.15) is 0 Å². The summed E-state index contributed by atoms with van der Waals surface area (Å²) in [6.45, 7) is 4.09.